The predicted octanol–water partition coefficient (Wildman–Crippen LogP) is 3.43. The molecule has 1 nitrogen and oxygen atoms in total. The first-order valence-corrected chi connectivity index (χ1v) is 4.79. The van der Waals surface area contributed by atoms with Gasteiger partial charge in [0.05, 0.1) is 0 Å². The normalized spacial score (nSPS) is 9.77. The smallest absolute Gasteiger partial charge is 0.185 e. The SMILES string of the molecule is C=CC(=O)c1cc(C)c(Br)cc1C. The van der Waals surface area contributed by atoms with Crippen LogP contribution >= 0.6 is 15.9 Å². The summed E-state index contributed by atoms with van der Waals surface area (Å²) in [5.74, 6) is -0.0203. The summed E-state index contributed by atoms with van der Waals surface area (Å²) in [6.45, 7) is 7.35. The van der Waals surface area contributed by atoms with E-state index in [2.05, 4.69) is 22.5 Å². The van der Waals surface area contributed by atoms with Gasteiger partial charge in [0.25, 0.3) is 0 Å². The van der Waals surface area contributed by atoms with Crippen LogP contribution in [0, 0.1) is 13.8 Å². The molecule has 0 aliphatic rings. The van der Waals surface area contributed by atoms with Crippen molar-refractivity contribution >= 4 is 21.7 Å². The molecule has 0 aromatic heterocycles. The van der Waals surface area contributed by atoms with Gasteiger partial charge in [0, 0.05) is 10.0 Å². The number of carbonyl (C=O) groups excluding carboxylic acids is 1. The number of allylic oxidation sites excluding steroid dienone is 1. The lowest BCUT2D eigenvalue weighted by atomic mass is 10.0. The summed E-state index contributed by atoms with van der Waals surface area (Å²) in [5.41, 5.74) is 2.77. The van der Waals surface area contributed by atoms with Crippen molar-refractivity contribution in [2.24, 2.45) is 0 Å². The summed E-state index contributed by atoms with van der Waals surface area (Å²) in [6.07, 6.45) is 1.34. The highest BCUT2D eigenvalue weighted by Gasteiger charge is 2.07. The van der Waals surface area contributed by atoms with Crippen molar-refractivity contribution in [2.45, 2.75) is 13.8 Å². The third-order valence-corrected chi connectivity index (χ3v) is 2.81. The van der Waals surface area contributed by atoms with Crippen molar-refractivity contribution in [1.29, 1.82) is 0 Å². The summed E-state index contributed by atoms with van der Waals surface area (Å²) in [7, 11) is 0. The standard InChI is InChI=1S/C11H11BrO/c1-4-11(13)9-5-8(3)10(12)6-7(9)2/h4-6H,1H2,2-3H3. The first kappa shape index (κ1) is 10.2. The summed E-state index contributed by atoms with van der Waals surface area (Å²) in [6, 6.07) is 3.83. The van der Waals surface area contributed by atoms with Crippen molar-refractivity contribution in [1.82, 2.24) is 0 Å². The quantitative estimate of drug-likeness (QED) is 0.570. The first-order valence-electron chi connectivity index (χ1n) is 3.99. The van der Waals surface area contributed by atoms with Crippen molar-refractivity contribution < 1.29 is 4.79 Å². The largest absolute Gasteiger partial charge is 0.289 e. The predicted molar refractivity (Wildman–Crippen MR) is 58.1 cm³/mol. The Balaban J connectivity index is 3.31. The number of hydrogen-bond donors (Lipinski definition) is 0. The monoisotopic (exact) mass is 238 g/mol. The molecular formula is C11H11BrO. The molecule has 0 aliphatic carbocycles. The fourth-order valence-electron chi connectivity index (χ4n) is 1.16. The molecule has 0 spiro atoms. The molecule has 0 saturated heterocycles. The van der Waals surface area contributed by atoms with Crippen molar-refractivity contribution in [2.75, 3.05) is 0 Å². The average molecular weight is 239 g/mol. The highest BCUT2D eigenvalue weighted by molar-refractivity contribution is 9.10. The third-order valence-electron chi connectivity index (χ3n) is 1.96. The van der Waals surface area contributed by atoms with Crippen LogP contribution in [0.3, 0.4) is 0 Å². The Morgan fingerprint density at radius 2 is 2.00 bits per heavy atom. The Hall–Kier alpha value is -0.890. The molecule has 0 fully saturated rings. The zero-order chi connectivity index (χ0) is 10.0. The van der Waals surface area contributed by atoms with E-state index in [-0.39, 0.29) is 5.78 Å². The van der Waals surface area contributed by atoms with E-state index in [9.17, 15) is 4.79 Å². The summed E-state index contributed by atoms with van der Waals surface area (Å²) in [5, 5.41) is 0. The number of ketones is 1. The number of aryl methyl sites for hydroxylation is 2. The summed E-state index contributed by atoms with van der Waals surface area (Å²) in [4.78, 5) is 11.4. The van der Waals surface area contributed by atoms with Crippen molar-refractivity contribution in [3.63, 3.8) is 0 Å². The molecule has 1 aromatic carbocycles. The van der Waals surface area contributed by atoms with Gasteiger partial charge in [0.15, 0.2) is 5.78 Å². The molecule has 0 amide bonds. The molecule has 0 aliphatic heterocycles. The van der Waals surface area contributed by atoms with Gasteiger partial charge < -0.3 is 0 Å². The number of hydrogen-bond acceptors (Lipinski definition) is 1. The van der Waals surface area contributed by atoms with Crippen LogP contribution in [-0.4, -0.2) is 5.78 Å². The summed E-state index contributed by atoms with van der Waals surface area (Å²) < 4.78 is 1.03. The van der Waals surface area contributed by atoms with E-state index in [1.807, 2.05) is 26.0 Å². The Morgan fingerprint density at radius 3 is 2.54 bits per heavy atom. The number of carbonyl (C=O) groups is 1. The molecule has 0 heterocycles. The number of benzene rings is 1. The molecule has 0 atom stereocenters. The molecule has 13 heavy (non-hydrogen) atoms. The zero-order valence-corrected chi connectivity index (χ0v) is 9.31. The van der Waals surface area contributed by atoms with Gasteiger partial charge >= 0.3 is 0 Å². The second-order valence-corrected chi connectivity index (χ2v) is 3.84. The molecule has 1 rings (SSSR count). The molecular weight excluding hydrogens is 228 g/mol. The molecule has 0 bridgehead atoms. The van der Waals surface area contributed by atoms with Crippen LogP contribution in [0.25, 0.3) is 0 Å². The lowest BCUT2D eigenvalue weighted by molar-refractivity contribution is 0.104. The highest BCUT2D eigenvalue weighted by atomic mass is 79.9. The van der Waals surface area contributed by atoms with Crippen molar-refractivity contribution in [3.8, 4) is 0 Å². The van der Waals surface area contributed by atoms with Gasteiger partial charge in [-0.3, -0.25) is 4.79 Å². The van der Waals surface area contributed by atoms with E-state index >= 15 is 0 Å². The van der Waals surface area contributed by atoms with Gasteiger partial charge in [-0.25, -0.2) is 0 Å². The van der Waals surface area contributed by atoms with E-state index in [1.54, 1.807) is 0 Å². The van der Waals surface area contributed by atoms with E-state index in [0.29, 0.717) is 0 Å². The van der Waals surface area contributed by atoms with Crippen molar-refractivity contribution in [3.05, 3.63) is 46.0 Å². The van der Waals surface area contributed by atoms with Crippen LogP contribution in [0.2, 0.25) is 0 Å². The average Bonchev–Trinajstić information content (AvgIpc) is 2.10. The van der Waals surface area contributed by atoms with Crippen LogP contribution in [0.4, 0.5) is 0 Å². The topological polar surface area (TPSA) is 17.1 Å². The minimum atomic E-state index is -0.0203. The van der Waals surface area contributed by atoms with E-state index < -0.39 is 0 Å². The lowest BCUT2D eigenvalue weighted by Gasteiger charge is -2.05. The Labute approximate surface area is 86.6 Å². The summed E-state index contributed by atoms with van der Waals surface area (Å²) >= 11 is 3.41. The van der Waals surface area contributed by atoms with Crippen LogP contribution in [0.5, 0.6) is 0 Å². The maximum absolute atomic E-state index is 11.4. The highest BCUT2D eigenvalue weighted by Crippen LogP contribution is 2.21. The van der Waals surface area contributed by atoms with E-state index in [0.717, 1.165) is 21.2 Å². The molecule has 0 unspecified atom stereocenters. The zero-order valence-electron chi connectivity index (χ0n) is 7.73. The van der Waals surface area contributed by atoms with Gasteiger partial charge in [-0.05, 0) is 43.2 Å². The van der Waals surface area contributed by atoms with E-state index in [4.69, 9.17) is 0 Å². The van der Waals surface area contributed by atoms with Gasteiger partial charge in [-0.1, -0.05) is 22.5 Å². The second kappa shape index (κ2) is 3.88. The number of rotatable bonds is 2. The fraction of sp³-hybridized carbons (Fsp3) is 0.182. The van der Waals surface area contributed by atoms with E-state index in [1.165, 1.54) is 6.08 Å². The maximum Gasteiger partial charge on any atom is 0.185 e. The molecule has 0 radical (unpaired) electrons. The molecule has 68 valence electrons. The molecule has 0 saturated carbocycles. The molecule has 0 N–H and O–H groups in total. The van der Waals surface area contributed by atoms with Gasteiger partial charge in [0.2, 0.25) is 0 Å². The van der Waals surface area contributed by atoms with Crippen LogP contribution in [-0.2, 0) is 0 Å². The van der Waals surface area contributed by atoms with Crippen LogP contribution in [0.1, 0.15) is 21.5 Å². The minimum absolute atomic E-state index is 0.0203. The van der Waals surface area contributed by atoms with Gasteiger partial charge in [-0.2, -0.15) is 0 Å². The Kier molecular flexibility index (Phi) is 3.04. The van der Waals surface area contributed by atoms with Gasteiger partial charge in [-0.15, -0.1) is 0 Å². The first-order chi connectivity index (χ1) is 6.06. The molecule has 1 aromatic rings. The molecule has 2 heteroatoms. The minimum Gasteiger partial charge on any atom is -0.289 e. The van der Waals surface area contributed by atoms with Gasteiger partial charge in [0.1, 0.15) is 0 Å². The van der Waals surface area contributed by atoms with Crippen LogP contribution < -0.4 is 0 Å². The second-order valence-electron chi connectivity index (χ2n) is 2.98. The number of halogens is 1. The fourth-order valence-corrected chi connectivity index (χ4v) is 1.61. The Morgan fingerprint density at radius 1 is 1.38 bits per heavy atom. The Bertz CT molecular complexity index is 367. The van der Waals surface area contributed by atoms with Crippen LogP contribution in [0.15, 0.2) is 29.3 Å². The lowest BCUT2D eigenvalue weighted by Crippen LogP contribution is -1.98. The maximum atomic E-state index is 11.4. The third kappa shape index (κ3) is 2.07.